The Morgan fingerprint density at radius 1 is 1.08 bits per heavy atom. The largest absolute Gasteiger partial charge is 0.432 e. The van der Waals surface area contributed by atoms with Gasteiger partial charge in [-0.3, -0.25) is 14.3 Å². The van der Waals surface area contributed by atoms with Gasteiger partial charge < -0.3 is 19.5 Å². The molecule has 1 saturated heterocycles. The fourth-order valence-corrected chi connectivity index (χ4v) is 10.7. The van der Waals surface area contributed by atoms with Crippen molar-refractivity contribution in [3.05, 3.63) is 94.8 Å². The van der Waals surface area contributed by atoms with Crippen molar-refractivity contribution >= 4 is 37.2 Å². The number of anilines is 2. The number of benzene rings is 2. The van der Waals surface area contributed by atoms with Gasteiger partial charge in [-0.2, -0.15) is 5.10 Å². The van der Waals surface area contributed by atoms with E-state index in [2.05, 4.69) is 43.2 Å². The molecule has 3 aromatic rings. The van der Waals surface area contributed by atoms with E-state index >= 15 is 4.79 Å². The van der Waals surface area contributed by atoms with Crippen molar-refractivity contribution in [2.45, 2.75) is 103 Å². The first-order valence-electron chi connectivity index (χ1n) is 18.4. The first kappa shape index (κ1) is 37.5. The SMILES string of the molecule is CC(C)=CCC/C(C)=C/CN1C(=O)[C@]2(O[C@H](CCn3cc(CCO)nn3)[C@@H]([Si](C)(C)O)[C@@H]2C)c2cc(N3N=C(c4ccccc4)CCC3=O)ccc21. The second kappa shape index (κ2) is 15.4. The van der Waals surface area contributed by atoms with Crippen molar-refractivity contribution in [1.29, 1.82) is 0 Å². The standard InChI is InChI=1S/C40H52N6O5Si/c1-27(2)11-10-12-28(3)19-23-45-35-17-15-32(46-37(48)18-16-34(42-46)30-13-8-7-9-14-30)25-33(35)40(39(45)49)29(4)38(52(5,6)50)36(51-40)20-22-44-26-31(21-24-47)41-43-44/h7-9,11,13-15,17,19,25-26,29,36,38,47,50H,10,12,16,18,20-24H2,1-6H3/b28-19+/t29-,36+,38-,40+/m0/s1. The number of amides is 2. The summed E-state index contributed by atoms with van der Waals surface area (Å²) in [5, 5.41) is 24.0. The van der Waals surface area contributed by atoms with E-state index in [4.69, 9.17) is 9.84 Å². The Balaban J connectivity index is 1.40. The number of carbonyl (C=O) groups excluding carboxylic acids is 2. The molecule has 4 atom stereocenters. The summed E-state index contributed by atoms with van der Waals surface area (Å²) in [6.45, 7) is 13.0. The number of rotatable bonds is 13. The highest BCUT2D eigenvalue weighted by Gasteiger charge is 2.66. The van der Waals surface area contributed by atoms with Crippen LogP contribution in [0, 0.1) is 5.92 Å². The number of aliphatic hydroxyl groups is 1. The van der Waals surface area contributed by atoms with E-state index in [1.807, 2.05) is 74.7 Å². The number of hydrogen-bond acceptors (Lipinski definition) is 8. The molecule has 0 radical (unpaired) electrons. The topological polar surface area (TPSA) is 133 Å². The van der Waals surface area contributed by atoms with Crippen molar-refractivity contribution < 1.29 is 24.2 Å². The fourth-order valence-electron chi connectivity index (χ4n) is 8.11. The third kappa shape index (κ3) is 7.48. The first-order chi connectivity index (χ1) is 24.8. The molecule has 1 spiro atoms. The number of nitrogens with zero attached hydrogens (tertiary/aromatic N) is 6. The van der Waals surface area contributed by atoms with Crippen LogP contribution >= 0.6 is 0 Å². The van der Waals surface area contributed by atoms with Gasteiger partial charge in [0.25, 0.3) is 5.91 Å². The van der Waals surface area contributed by atoms with E-state index in [9.17, 15) is 14.7 Å². The Kier molecular flexibility index (Phi) is 11.1. The van der Waals surface area contributed by atoms with Gasteiger partial charge in [0.15, 0.2) is 13.9 Å². The van der Waals surface area contributed by atoms with Gasteiger partial charge in [0.05, 0.1) is 28.9 Å². The van der Waals surface area contributed by atoms with E-state index in [0.717, 1.165) is 29.8 Å². The minimum absolute atomic E-state index is 0.0110. The lowest BCUT2D eigenvalue weighted by molar-refractivity contribution is -0.145. The van der Waals surface area contributed by atoms with Crippen LogP contribution in [0.5, 0.6) is 0 Å². The minimum Gasteiger partial charge on any atom is -0.432 e. The fraction of sp³-hybridized carbons (Fsp3) is 0.475. The summed E-state index contributed by atoms with van der Waals surface area (Å²) in [5.74, 6) is -0.631. The van der Waals surface area contributed by atoms with E-state index < -0.39 is 20.0 Å². The molecule has 12 heteroatoms. The number of ether oxygens (including phenoxy) is 1. The second-order valence-corrected chi connectivity index (χ2v) is 19.2. The summed E-state index contributed by atoms with van der Waals surface area (Å²) in [4.78, 5) is 42.0. The highest BCUT2D eigenvalue weighted by atomic mass is 28.4. The molecular weight excluding hydrogens is 673 g/mol. The first-order valence-corrected chi connectivity index (χ1v) is 21.5. The molecule has 2 aromatic carbocycles. The van der Waals surface area contributed by atoms with Crippen molar-refractivity contribution in [2.24, 2.45) is 11.0 Å². The Labute approximate surface area is 307 Å². The van der Waals surface area contributed by atoms with Gasteiger partial charge in [0.1, 0.15) is 0 Å². The van der Waals surface area contributed by atoms with Gasteiger partial charge in [-0.1, -0.05) is 65.8 Å². The number of aryl methyl sites for hydroxylation is 1. The van der Waals surface area contributed by atoms with E-state index in [1.54, 1.807) is 9.58 Å². The molecule has 3 aliphatic heterocycles. The molecule has 52 heavy (non-hydrogen) atoms. The highest BCUT2D eigenvalue weighted by molar-refractivity contribution is 6.71. The predicted molar refractivity (Wildman–Crippen MR) is 206 cm³/mol. The van der Waals surface area contributed by atoms with Gasteiger partial charge >= 0.3 is 0 Å². The number of fused-ring (bicyclic) bond motifs is 2. The molecule has 0 bridgehead atoms. The molecule has 2 amide bonds. The van der Waals surface area contributed by atoms with Crippen LogP contribution in [0.3, 0.4) is 0 Å². The van der Waals surface area contributed by atoms with Crippen molar-refractivity contribution in [1.82, 2.24) is 15.0 Å². The third-order valence-electron chi connectivity index (χ3n) is 10.7. The third-order valence-corrected chi connectivity index (χ3v) is 13.2. The number of carbonyl (C=O) groups is 2. The molecule has 2 N–H and O–H groups in total. The summed E-state index contributed by atoms with van der Waals surface area (Å²) in [6.07, 6.45) is 9.35. The Hall–Kier alpha value is -4.23. The maximum atomic E-state index is 15.0. The summed E-state index contributed by atoms with van der Waals surface area (Å²) in [7, 11) is -2.90. The van der Waals surface area contributed by atoms with Crippen LogP contribution in [-0.4, -0.2) is 70.0 Å². The Morgan fingerprint density at radius 2 is 1.85 bits per heavy atom. The maximum Gasteiger partial charge on any atom is 0.264 e. The zero-order valence-electron chi connectivity index (χ0n) is 31.2. The molecule has 11 nitrogen and oxygen atoms in total. The summed E-state index contributed by atoms with van der Waals surface area (Å²) in [6, 6.07) is 15.6. The lowest BCUT2D eigenvalue weighted by atomic mass is 9.82. The number of hydrazone groups is 1. The number of aliphatic hydroxyl groups excluding tert-OH is 1. The Morgan fingerprint density at radius 3 is 2.56 bits per heavy atom. The molecule has 1 aromatic heterocycles. The molecule has 6 rings (SSSR count). The van der Waals surface area contributed by atoms with Gasteiger partial charge in [-0.15, -0.1) is 5.10 Å². The van der Waals surface area contributed by atoms with Crippen LogP contribution in [0.1, 0.15) is 76.6 Å². The molecular formula is C40H52N6O5Si. The zero-order chi connectivity index (χ0) is 37.2. The van der Waals surface area contributed by atoms with Gasteiger partial charge in [-0.25, -0.2) is 5.01 Å². The second-order valence-electron chi connectivity index (χ2n) is 15.2. The van der Waals surface area contributed by atoms with Crippen molar-refractivity contribution in [3.8, 4) is 0 Å². The lowest BCUT2D eigenvalue weighted by Crippen LogP contribution is -2.46. The molecule has 0 unspecified atom stereocenters. The van der Waals surface area contributed by atoms with Crippen LogP contribution < -0.4 is 9.91 Å². The molecule has 0 aliphatic carbocycles. The normalized spacial score (nSPS) is 23.4. The molecule has 1 fully saturated rings. The van der Waals surface area contributed by atoms with Gasteiger partial charge in [0, 0.05) is 62.2 Å². The number of aromatic nitrogens is 3. The Bertz CT molecular complexity index is 1880. The van der Waals surface area contributed by atoms with Crippen LogP contribution in [0.4, 0.5) is 11.4 Å². The summed E-state index contributed by atoms with van der Waals surface area (Å²) in [5.41, 5.74) is 5.35. The van der Waals surface area contributed by atoms with Gasteiger partial charge in [-0.05, 0) is 76.9 Å². The van der Waals surface area contributed by atoms with Gasteiger partial charge in [0.2, 0.25) is 5.91 Å². The molecule has 276 valence electrons. The average molecular weight is 725 g/mol. The van der Waals surface area contributed by atoms with Crippen LogP contribution in [0.2, 0.25) is 18.6 Å². The molecule has 4 heterocycles. The summed E-state index contributed by atoms with van der Waals surface area (Å²) >= 11 is 0. The predicted octanol–water partition coefficient (Wildman–Crippen LogP) is 6.27. The maximum absolute atomic E-state index is 15.0. The molecule has 0 saturated carbocycles. The average Bonchev–Trinajstić information content (AvgIpc) is 3.76. The van der Waals surface area contributed by atoms with E-state index in [0.29, 0.717) is 55.7 Å². The minimum atomic E-state index is -2.90. The molecule has 3 aliphatic rings. The number of allylic oxidation sites excluding steroid dienone is 3. The van der Waals surface area contributed by atoms with Crippen LogP contribution in [0.25, 0.3) is 0 Å². The van der Waals surface area contributed by atoms with E-state index in [-0.39, 0.29) is 29.9 Å². The number of hydrogen-bond donors (Lipinski definition) is 2. The van der Waals surface area contributed by atoms with Crippen LogP contribution in [0.15, 0.2) is 83.1 Å². The quantitative estimate of drug-likeness (QED) is 0.157. The highest BCUT2D eigenvalue weighted by Crippen LogP contribution is 2.60. The lowest BCUT2D eigenvalue weighted by Gasteiger charge is -2.32. The monoisotopic (exact) mass is 724 g/mol. The van der Waals surface area contributed by atoms with E-state index in [1.165, 1.54) is 16.2 Å². The van der Waals surface area contributed by atoms with Crippen LogP contribution in [-0.2, 0) is 32.9 Å². The summed E-state index contributed by atoms with van der Waals surface area (Å²) < 4.78 is 8.81. The van der Waals surface area contributed by atoms with Crippen molar-refractivity contribution in [3.63, 3.8) is 0 Å². The van der Waals surface area contributed by atoms with Crippen molar-refractivity contribution in [2.75, 3.05) is 23.1 Å². The zero-order valence-corrected chi connectivity index (χ0v) is 32.2. The smallest absolute Gasteiger partial charge is 0.264 e.